The van der Waals surface area contributed by atoms with Crippen molar-refractivity contribution in [1.29, 1.82) is 0 Å². The van der Waals surface area contributed by atoms with Crippen LogP contribution in [-0.4, -0.2) is 127 Å². The van der Waals surface area contributed by atoms with Crippen molar-refractivity contribution in [2.75, 3.05) is 35.2 Å². The molecule has 1 rings (SSSR count). The van der Waals surface area contributed by atoms with E-state index in [4.69, 9.17) is 0 Å². The van der Waals surface area contributed by atoms with Gasteiger partial charge in [0.05, 0.1) is 0 Å². The summed E-state index contributed by atoms with van der Waals surface area (Å²) < 4.78 is 26.3. The molecule has 0 spiro atoms. The molecular formula is C16H56N8Si8. The molecule has 1 saturated heterocycles. The van der Waals surface area contributed by atoms with Gasteiger partial charge in [-0.15, -0.1) is 0 Å². The van der Waals surface area contributed by atoms with E-state index in [0.717, 1.165) is 0 Å². The zero-order chi connectivity index (χ0) is 25.5. The van der Waals surface area contributed by atoms with Crippen molar-refractivity contribution >= 4 is 70.8 Å². The first kappa shape index (κ1) is 31.4. The van der Waals surface area contributed by atoms with Crippen LogP contribution in [0.2, 0.25) is 72.0 Å². The fraction of sp³-hybridized carbons (Fsp3) is 1.00. The summed E-state index contributed by atoms with van der Waals surface area (Å²) in [5.74, 6) is 0. The fourth-order valence-corrected chi connectivity index (χ4v) is 47.5. The Morgan fingerprint density at radius 2 is 0.938 bits per heavy atom. The van der Waals surface area contributed by atoms with E-state index in [0.29, 0.717) is 0 Å². The van der Waals surface area contributed by atoms with Crippen molar-refractivity contribution in [3.63, 3.8) is 0 Å². The maximum Gasteiger partial charge on any atom is 0.188 e. The topological polar surface area (TPSA) is 52.3 Å². The molecule has 1 heterocycles. The van der Waals surface area contributed by atoms with E-state index in [1.807, 2.05) is 0 Å². The normalized spacial score (nSPS) is 33.6. The van der Waals surface area contributed by atoms with Gasteiger partial charge in [0.2, 0.25) is 0 Å². The smallest absolute Gasteiger partial charge is 0.188 e. The molecule has 0 bridgehead atoms. The van der Waals surface area contributed by atoms with E-state index in [-0.39, 0.29) is 0 Å². The fourth-order valence-electron chi connectivity index (χ4n) is 4.89. The van der Waals surface area contributed by atoms with Crippen molar-refractivity contribution < 1.29 is 0 Å². The summed E-state index contributed by atoms with van der Waals surface area (Å²) in [6, 6.07) is 0. The monoisotopic (exact) mass is 584 g/mol. The van der Waals surface area contributed by atoms with Crippen LogP contribution in [0.4, 0.5) is 0 Å². The van der Waals surface area contributed by atoms with Gasteiger partial charge in [-0.25, -0.2) is 0 Å². The first-order valence-electron chi connectivity index (χ1n) is 12.0. The predicted octanol–water partition coefficient (Wildman–Crippen LogP) is -0.215. The third-order valence-electron chi connectivity index (χ3n) is 9.20. The van der Waals surface area contributed by atoms with Crippen LogP contribution in [0, 0.1) is 0 Å². The molecule has 192 valence electrons. The van der Waals surface area contributed by atoms with Crippen LogP contribution < -0.4 is 13.9 Å². The molecule has 8 nitrogen and oxygen atoms in total. The molecule has 1 fully saturated rings. The Kier molecular flexibility index (Phi) is 10.6. The molecule has 32 heavy (non-hydrogen) atoms. The van der Waals surface area contributed by atoms with E-state index >= 15 is 0 Å². The number of hydrogen-bond acceptors (Lipinski definition) is 8. The lowest BCUT2D eigenvalue weighted by molar-refractivity contribution is 0.522. The van der Waals surface area contributed by atoms with Gasteiger partial charge in [-0.1, -0.05) is 0 Å². The first-order valence-corrected chi connectivity index (χ1v) is 31.6. The highest BCUT2D eigenvalue weighted by Crippen LogP contribution is 2.31. The van der Waals surface area contributed by atoms with Gasteiger partial charge in [0.15, 0.2) is 70.8 Å². The van der Waals surface area contributed by atoms with Gasteiger partial charge >= 0.3 is 0 Å². The summed E-state index contributed by atoms with van der Waals surface area (Å²) in [5, 5.41) is 0. The van der Waals surface area contributed by atoms with Crippen LogP contribution in [-0.2, 0) is 0 Å². The first-order chi connectivity index (χ1) is 14.2. The minimum Gasteiger partial charge on any atom is -0.346 e. The average molecular weight is 585 g/mol. The zero-order valence-electron chi connectivity index (χ0n) is 24.2. The second-order valence-corrected chi connectivity index (χ2v) is 43.4. The average Bonchev–Trinajstić information content (AvgIpc) is 2.69. The third-order valence-corrected chi connectivity index (χ3v) is 50.8. The maximum absolute atomic E-state index is 4.08. The van der Waals surface area contributed by atoms with Crippen LogP contribution >= 0.6 is 0 Å². The SMILES string of the molecule is CN1[SiH](C)N[SiH2]N[SiH2]N[Si](C)(C)N(C)[Si](C)(C)N(C)[Si](C)(C)N(C)[Si](C)(C)N(C)[Si]1(C)C. The number of nitrogens with one attached hydrogen (secondary N) is 3. The Morgan fingerprint density at radius 1 is 0.562 bits per heavy atom. The van der Waals surface area contributed by atoms with Crippen molar-refractivity contribution in [2.24, 2.45) is 0 Å². The maximum atomic E-state index is 4.08. The molecule has 0 aromatic carbocycles. The van der Waals surface area contributed by atoms with E-state index in [1.54, 1.807) is 0 Å². The van der Waals surface area contributed by atoms with Gasteiger partial charge in [0, 0.05) is 0 Å². The molecule has 0 aliphatic carbocycles. The Labute approximate surface area is 212 Å². The molecule has 3 N–H and O–H groups in total. The van der Waals surface area contributed by atoms with Gasteiger partial charge in [0.25, 0.3) is 0 Å². The predicted molar refractivity (Wildman–Crippen MR) is 166 cm³/mol. The molecule has 0 aromatic heterocycles. The molecule has 0 saturated carbocycles. The lowest BCUT2D eigenvalue weighted by Gasteiger charge is -2.60. The Bertz CT molecular complexity index is 635. The molecule has 0 amide bonds. The van der Waals surface area contributed by atoms with Crippen molar-refractivity contribution in [3.8, 4) is 0 Å². The highest BCUT2D eigenvalue weighted by Gasteiger charge is 2.53. The highest BCUT2D eigenvalue weighted by molar-refractivity contribution is 7.01. The quantitative estimate of drug-likeness (QED) is 0.338. The van der Waals surface area contributed by atoms with Gasteiger partial charge in [-0.05, 0) is 107 Å². The molecule has 0 aromatic rings. The Hall–Kier alpha value is 1.42. The molecule has 1 aliphatic rings. The zero-order valence-corrected chi connectivity index (χ0v) is 33.2. The van der Waals surface area contributed by atoms with E-state index < -0.39 is 70.8 Å². The van der Waals surface area contributed by atoms with Crippen LogP contribution in [0.25, 0.3) is 0 Å². The Balaban J connectivity index is 3.52. The lowest BCUT2D eigenvalue weighted by atomic mass is 11.5. The van der Waals surface area contributed by atoms with Gasteiger partial charge in [-0.2, -0.15) is 0 Å². The summed E-state index contributed by atoms with van der Waals surface area (Å²) in [6.45, 7) is 28.1. The molecule has 1 unspecified atom stereocenters. The summed E-state index contributed by atoms with van der Waals surface area (Å²) in [6.07, 6.45) is 0. The van der Waals surface area contributed by atoms with Crippen LogP contribution in [0.15, 0.2) is 0 Å². The summed E-state index contributed by atoms with van der Waals surface area (Å²) in [7, 11) is 1.28. The van der Waals surface area contributed by atoms with Gasteiger partial charge in [0.1, 0.15) is 0 Å². The number of hydrogen-bond donors (Lipinski definition) is 3. The number of rotatable bonds is 0. The minimum absolute atomic E-state index is 0.418. The van der Waals surface area contributed by atoms with Crippen molar-refractivity contribution in [1.82, 2.24) is 35.1 Å². The van der Waals surface area contributed by atoms with Crippen LogP contribution in [0.5, 0.6) is 0 Å². The summed E-state index contributed by atoms with van der Waals surface area (Å²) in [4.78, 5) is 0. The Morgan fingerprint density at radius 3 is 1.38 bits per heavy atom. The molecule has 1 atom stereocenters. The third kappa shape index (κ3) is 6.21. The standard InChI is InChI=1S/C16H56N8Si8/c1-20-27(6)18-25-17-26-19-28(7,8)21(2)30(11,12)23(4)32(15,16)24(5)31(13,14)22(3)29(20,9)10/h17-19,27H,25-26H2,1-16H3. The minimum atomic E-state index is -1.84. The second-order valence-electron chi connectivity index (χ2n) is 12.0. The largest absolute Gasteiger partial charge is 0.346 e. The van der Waals surface area contributed by atoms with Crippen molar-refractivity contribution in [2.45, 2.75) is 72.0 Å². The molecule has 1 aliphatic heterocycles. The van der Waals surface area contributed by atoms with E-state index in [2.05, 4.69) is 142 Å². The lowest BCUT2D eigenvalue weighted by Crippen LogP contribution is -2.83. The molecule has 0 radical (unpaired) electrons. The summed E-state index contributed by atoms with van der Waals surface area (Å²) >= 11 is 0. The van der Waals surface area contributed by atoms with Gasteiger partial charge in [-0.3, -0.25) is 0 Å². The van der Waals surface area contributed by atoms with E-state index in [1.165, 1.54) is 0 Å². The van der Waals surface area contributed by atoms with E-state index in [9.17, 15) is 0 Å². The number of nitrogens with zero attached hydrogens (tertiary/aromatic N) is 5. The van der Waals surface area contributed by atoms with Gasteiger partial charge < -0.3 is 35.1 Å². The summed E-state index contributed by atoms with van der Waals surface area (Å²) in [5.41, 5.74) is 0. The van der Waals surface area contributed by atoms with Crippen molar-refractivity contribution in [3.05, 3.63) is 0 Å². The molecular weight excluding hydrogens is 529 g/mol. The van der Waals surface area contributed by atoms with Crippen LogP contribution in [0.1, 0.15) is 0 Å². The highest BCUT2D eigenvalue weighted by atomic mass is 28.5. The molecule has 16 heteroatoms. The van der Waals surface area contributed by atoms with Crippen LogP contribution in [0.3, 0.4) is 0 Å². The second kappa shape index (κ2) is 10.8.